The van der Waals surface area contributed by atoms with Crippen LogP contribution in [-0.2, 0) is 11.3 Å². The first-order valence-corrected chi connectivity index (χ1v) is 10.8. The Morgan fingerprint density at radius 1 is 1.10 bits per heavy atom. The van der Waals surface area contributed by atoms with Gasteiger partial charge in [-0.05, 0) is 43.5 Å². The largest absolute Gasteiger partial charge is 0.349 e. The minimum Gasteiger partial charge on any atom is -0.349 e. The van der Waals surface area contributed by atoms with Crippen molar-refractivity contribution in [1.29, 1.82) is 0 Å². The fourth-order valence-electron chi connectivity index (χ4n) is 2.98. The molecule has 1 saturated carbocycles. The molecule has 1 aliphatic rings. The highest BCUT2D eigenvalue weighted by atomic mass is 32.2. The van der Waals surface area contributed by atoms with Crippen LogP contribution >= 0.6 is 11.8 Å². The number of thioether (sulfide) groups is 1. The third-order valence-electron chi connectivity index (χ3n) is 4.74. The van der Waals surface area contributed by atoms with Gasteiger partial charge in [0.25, 0.3) is 5.91 Å². The van der Waals surface area contributed by atoms with Crippen molar-refractivity contribution in [3.05, 3.63) is 71.5 Å². The van der Waals surface area contributed by atoms with E-state index in [1.165, 1.54) is 11.8 Å². The Bertz CT molecular complexity index is 1050. The normalized spacial score (nSPS) is 13.1. The Hall–Kier alpha value is -3.13. The molecule has 7 nitrogen and oxygen atoms in total. The molecule has 2 aromatic carbocycles. The van der Waals surface area contributed by atoms with Gasteiger partial charge in [0.2, 0.25) is 5.91 Å². The molecule has 1 aromatic heterocycles. The van der Waals surface area contributed by atoms with Gasteiger partial charge in [-0.25, -0.2) is 0 Å². The number of aryl methyl sites for hydroxylation is 1. The fourth-order valence-corrected chi connectivity index (χ4v) is 3.76. The van der Waals surface area contributed by atoms with E-state index in [1.807, 2.05) is 41.8 Å². The smallest absolute Gasteiger partial charge is 0.251 e. The number of nitrogens with one attached hydrogen (secondary N) is 2. The van der Waals surface area contributed by atoms with Gasteiger partial charge in [0.15, 0.2) is 5.16 Å². The van der Waals surface area contributed by atoms with Crippen molar-refractivity contribution in [1.82, 2.24) is 20.1 Å². The number of anilines is 1. The summed E-state index contributed by atoms with van der Waals surface area (Å²) in [4.78, 5) is 24.6. The van der Waals surface area contributed by atoms with Crippen LogP contribution in [0, 0.1) is 6.92 Å². The van der Waals surface area contributed by atoms with Crippen molar-refractivity contribution in [3.8, 4) is 0 Å². The molecule has 0 bridgehead atoms. The molecule has 30 heavy (non-hydrogen) atoms. The average molecular weight is 422 g/mol. The molecular formula is C22H23N5O2S. The van der Waals surface area contributed by atoms with Gasteiger partial charge in [0, 0.05) is 17.3 Å². The molecule has 0 aliphatic heterocycles. The van der Waals surface area contributed by atoms with Crippen LogP contribution in [0.15, 0.2) is 59.8 Å². The van der Waals surface area contributed by atoms with Gasteiger partial charge in [0.1, 0.15) is 5.82 Å². The maximum Gasteiger partial charge on any atom is 0.251 e. The highest BCUT2D eigenvalue weighted by Crippen LogP contribution is 2.21. The van der Waals surface area contributed by atoms with Crippen molar-refractivity contribution in [2.75, 3.05) is 11.1 Å². The minimum atomic E-state index is -0.160. The molecular weight excluding hydrogens is 398 g/mol. The van der Waals surface area contributed by atoms with Gasteiger partial charge in [-0.3, -0.25) is 9.59 Å². The SMILES string of the molecule is Cc1nnc(SCC(=O)Nc2cccc(C(=O)NC3CC3)c2)n1Cc1ccccc1. The number of benzene rings is 2. The number of aromatic nitrogens is 3. The lowest BCUT2D eigenvalue weighted by molar-refractivity contribution is -0.113. The van der Waals surface area contributed by atoms with Crippen molar-refractivity contribution >= 4 is 29.3 Å². The van der Waals surface area contributed by atoms with Crippen LogP contribution in [0.5, 0.6) is 0 Å². The zero-order valence-corrected chi connectivity index (χ0v) is 17.5. The molecule has 0 atom stereocenters. The second-order valence-corrected chi connectivity index (χ2v) is 8.21. The monoisotopic (exact) mass is 421 g/mol. The summed E-state index contributed by atoms with van der Waals surface area (Å²) in [6.45, 7) is 2.56. The summed E-state index contributed by atoms with van der Waals surface area (Å²) in [6.07, 6.45) is 2.07. The van der Waals surface area contributed by atoms with Crippen LogP contribution in [0.3, 0.4) is 0 Å². The summed E-state index contributed by atoms with van der Waals surface area (Å²) in [5.74, 6) is 0.737. The van der Waals surface area contributed by atoms with Gasteiger partial charge in [-0.2, -0.15) is 0 Å². The number of nitrogens with zero attached hydrogens (tertiary/aromatic N) is 3. The summed E-state index contributed by atoms with van der Waals surface area (Å²) in [5.41, 5.74) is 2.30. The Morgan fingerprint density at radius 3 is 2.67 bits per heavy atom. The lowest BCUT2D eigenvalue weighted by Crippen LogP contribution is -2.25. The van der Waals surface area contributed by atoms with E-state index in [2.05, 4.69) is 20.8 Å². The number of rotatable bonds is 8. The van der Waals surface area contributed by atoms with Crippen molar-refractivity contribution in [3.63, 3.8) is 0 Å². The molecule has 0 spiro atoms. The van der Waals surface area contributed by atoms with Crippen molar-refractivity contribution < 1.29 is 9.59 Å². The van der Waals surface area contributed by atoms with Crippen LogP contribution in [0.1, 0.15) is 34.6 Å². The topological polar surface area (TPSA) is 88.9 Å². The minimum absolute atomic E-state index is 0.104. The van der Waals surface area contributed by atoms with Gasteiger partial charge in [0.05, 0.1) is 12.3 Å². The third-order valence-corrected chi connectivity index (χ3v) is 5.71. The van der Waals surface area contributed by atoms with E-state index in [9.17, 15) is 9.59 Å². The van der Waals surface area contributed by atoms with Gasteiger partial charge in [-0.1, -0.05) is 48.2 Å². The fraction of sp³-hybridized carbons (Fsp3) is 0.273. The first-order chi connectivity index (χ1) is 14.6. The zero-order chi connectivity index (χ0) is 20.9. The molecule has 2 N–H and O–H groups in total. The van der Waals surface area contributed by atoms with E-state index >= 15 is 0 Å². The van der Waals surface area contributed by atoms with Crippen molar-refractivity contribution in [2.45, 2.75) is 37.5 Å². The van der Waals surface area contributed by atoms with Gasteiger partial charge in [-0.15, -0.1) is 10.2 Å². The van der Waals surface area contributed by atoms with Gasteiger partial charge < -0.3 is 15.2 Å². The van der Waals surface area contributed by atoms with E-state index < -0.39 is 0 Å². The lowest BCUT2D eigenvalue weighted by atomic mass is 10.2. The Labute approximate surface area is 179 Å². The highest BCUT2D eigenvalue weighted by Gasteiger charge is 2.23. The van der Waals surface area contributed by atoms with E-state index in [0.29, 0.717) is 29.0 Å². The first kappa shape index (κ1) is 20.2. The number of hydrogen-bond donors (Lipinski definition) is 2. The van der Waals surface area contributed by atoms with E-state index in [0.717, 1.165) is 24.2 Å². The van der Waals surface area contributed by atoms with Gasteiger partial charge >= 0.3 is 0 Å². The van der Waals surface area contributed by atoms with Crippen LogP contribution in [0.25, 0.3) is 0 Å². The Kier molecular flexibility index (Phi) is 6.13. The van der Waals surface area contributed by atoms with Crippen LogP contribution in [-0.4, -0.2) is 38.4 Å². The quantitative estimate of drug-likeness (QED) is 0.545. The molecule has 3 aromatic rings. The predicted molar refractivity (Wildman–Crippen MR) is 117 cm³/mol. The Morgan fingerprint density at radius 2 is 1.90 bits per heavy atom. The second-order valence-electron chi connectivity index (χ2n) is 7.27. The molecule has 0 radical (unpaired) electrons. The van der Waals surface area contributed by atoms with Crippen LogP contribution < -0.4 is 10.6 Å². The maximum absolute atomic E-state index is 12.4. The van der Waals surface area contributed by atoms with Crippen LogP contribution in [0.4, 0.5) is 5.69 Å². The molecule has 1 heterocycles. The summed E-state index contributed by atoms with van der Waals surface area (Å²) < 4.78 is 2.00. The molecule has 0 unspecified atom stereocenters. The second kappa shape index (κ2) is 9.13. The molecule has 0 saturated heterocycles. The third kappa shape index (κ3) is 5.27. The molecule has 1 aliphatic carbocycles. The van der Waals surface area contributed by atoms with E-state index in [4.69, 9.17) is 0 Å². The molecule has 1 fully saturated rings. The van der Waals surface area contributed by atoms with Crippen LogP contribution in [0.2, 0.25) is 0 Å². The Balaban J connectivity index is 1.35. The van der Waals surface area contributed by atoms with E-state index in [1.54, 1.807) is 24.3 Å². The summed E-state index contributed by atoms with van der Waals surface area (Å²) in [7, 11) is 0. The molecule has 8 heteroatoms. The molecule has 4 rings (SSSR count). The predicted octanol–water partition coefficient (Wildman–Crippen LogP) is 3.26. The zero-order valence-electron chi connectivity index (χ0n) is 16.7. The summed E-state index contributed by atoms with van der Waals surface area (Å²) in [6, 6.07) is 17.3. The number of carbonyl (C=O) groups is 2. The molecule has 2 amide bonds. The maximum atomic E-state index is 12.4. The lowest BCUT2D eigenvalue weighted by Gasteiger charge is -2.09. The van der Waals surface area contributed by atoms with E-state index in [-0.39, 0.29) is 17.6 Å². The summed E-state index contributed by atoms with van der Waals surface area (Å²) >= 11 is 1.34. The highest BCUT2D eigenvalue weighted by molar-refractivity contribution is 7.99. The number of carbonyl (C=O) groups excluding carboxylic acids is 2. The standard InChI is InChI=1S/C22H23N5O2S/c1-15-25-26-22(27(15)13-16-6-3-2-4-7-16)30-14-20(28)23-19-9-5-8-17(12-19)21(29)24-18-10-11-18/h2-9,12,18H,10-11,13-14H2,1H3,(H,23,28)(H,24,29). The molecule has 154 valence electrons. The number of hydrogen-bond acceptors (Lipinski definition) is 5. The summed E-state index contributed by atoms with van der Waals surface area (Å²) in [5, 5.41) is 14.9. The first-order valence-electron chi connectivity index (χ1n) is 9.86. The average Bonchev–Trinajstić information content (AvgIpc) is 3.50. The number of amides is 2. The van der Waals surface area contributed by atoms with Crippen molar-refractivity contribution in [2.24, 2.45) is 0 Å².